The van der Waals surface area contributed by atoms with Gasteiger partial charge in [0.2, 0.25) is 0 Å². The summed E-state index contributed by atoms with van der Waals surface area (Å²) >= 11 is 0.584. The molecule has 2 nitrogen and oxygen atoms in total. The van der Waals surface area contributed by atoms with E-state index in [1.54, 1.807) is 0 Å². The minimum atomic E-state index is 0.584. The first kappa shape index (κ1) is 7.50. The van der Waals surface area contributed by atoms with E-state index < -0.39 is 0 Å². The molecule has 0 amide bonds. The van der Waals surface area contributed by atoms with Gasteiger partial charge < -0.3 is 0 Å². The van der Waals surface area contributed by atoms with Crippen LogP contribution in [0.5, 0.6) is 0 Å². The van der Waals surface area contributed by atoms with Gasteiger partial charge in [0.05, 0.1) is 0 Å². The standard InChI is InChI=1S/C8H9N2.In.2H/c1-2-4-8-7(3-1)5-9-6-10-8;;;/h1-4,9H,5-6H2;;;/q-1;+1;;. The van der Waals surface area contributed by atoms with Crippen LogP contribution < -0.4 is 8.20 Å². The van der Waals surface area contributed by atoms with E-state index in [9.17, 15) is 0 Å². The molecule has 1 aliphatic heterocycles. The van der Waals surface area contributed by atoms with Crippen molar-refractivity contribution in [1.82, 2.24) is 5.32 Å². The molecule has 0 fully saturated rings. The number of hydrogen-bond donors (Lipinski definition) is 1. The van der Waals surface area contributed by atoms with Crippen molar-refractivity contribution in [3.05, 3.63) is 29.8 Å². The number of anilines is 1. The topological polar surface area (TPSA) is 15.3 Å². The molecule has 1 aromatic rings. The average molecular weight is 250 g/mol. The Morgan fingerprint density at radius 3 is 3.00 bits per heavy atom. The summed E-state index contributed by atoms with van der Waals surface area (Å²) in [5, 5.41) is 3.37. The van der Waals surface area contributed by atoms with Crippen molar-refractivity contribution in [2.75, 3.05) is 9.56 Å². The summed E-state index contributed by atoms with van der Waals surface area (Å²) in [7, 11) is 0. The van der Waals surface area contributed by atoms with Crippen LogP contribution in [0.1, 0.15) is 5.56 Å². The van der Waals surface area contributed by atoms with Crippen molar-refractivity contribution in [2.24, 2.45) is 0 Å². The second-order valence-electron chi connectivity index (χ2n) is 2.91. The van der Waals surface area contributed by atoms with Crippen molar-refractivity contribution >= 4 is 30.3 Å². The molecule has 1 heterocycles. The third-order valence-corrected chi connectivity index (χ3v) is 4.34. The zero-order valence-corrected chi connectivity index (χ0v) is 12.4. The quantitative estimate of drug-likeness (QED) is 0.702. The summed E-state index contributed by atoms with van der Waals surface area (Å²) in [4.78, 5) is 0. The second kappa shape index (κ2) is 3.07. The Morgan fingerprint density at radius 1 is 1.36 bits per heavy atom. The molecule has 0 bridgehead atoms. The van der Waals surface area contributed by atoms with Gasteiger partial charge >= 0.3 is 81.6 Å². The van der Waals surface area contributed by atoms with Crippen LogP contribution in [0.15, 0.2) is 24.3 Å². The summed E-state index contributed by atoms with van der Waals surface area (Å²) in [5.41, 5.74) is 2.89. The Labute approximate surface area is 81.6 Å². The predicted octanol–water partition coefficient (Wildman–Crippen LogP) is 0.102. The summed E-state index contributed by atoms with van der Waals surface area (Å²) in [6, 6.07) is 8.64. The van der Waals surface area contributed by atoms with Crippen molar-refractivity contribution in [3.63, 3.8) is 0 Å². The fourth-order valence-electron chi connectivity index (χ4n) is 1.48. The van der Waals surface area contributed by atoms with E-state index in [1.807, 2.05) is 0 Å². The van der Waals surface area contributed by atoms with E-state index in [1.165, 1.54) is 11.3 Å². The Bertz CT molecular complexity index is 262. The van der Waals surface area contributed by atoms with Gasteiger partial charge in [-0.25, -0.2) is 0 Å². The molecule has 11 heavy (non-hydrogen) atoms. The molecule has 0 spiro atoms. The molecule has 1 N–H and O–H groups in total. The molecule has 1 aliphatic rings. The Balaban J connectivity index is 2.44. The molecule has 56 valence electrons. The van der Waals surface area contributed by atoms with Gasteiger partial charge in [-0.05, 0) is 0 Å². The van der Waals surface area contributed by atoms with E-state index in [0.29, 0.717) is 24.7 Å². The molecule has 0 aromatic heterocycles. The van der Waals surface area contributed by atoms with Gasteiger partial charge in [0.15, 0.2) is 0 Å². The summed E-state index contributed by atoms with van der Waals surface area (Å²) in [6.07, 6.45) is 0. The van der Waals surface area contributed by atoms with Gasteiger partial charge in [-0.15, -0.1) is 0 Å². The zero-order chi connectivity index (χ0) is 7.68. The van der Waals surface area contributed by atoms with Gasteiger partial charge in [-0.1, -0.05) is 0 Å². The van der Waals surface area contributed by atoms with Crippen LogP contribution in [-0.4, -0.2) is 31.3 Å². The van der Waals surface area contributed by atoms with Gasteiger partial charge in [-0.2, -0.15) is 0 Å². The molecule has 1 aromatic carbocycles. The normalized spacial score (nSPS) is 16.2. The third-order valence-electron chi connectivity index (χ3n) is 2.07. The fourth-order valence-corrected chi connectivity index (χ4v) is 3.36. The molecule has 3 heteroatoms. The first-order valence-electron chi connectivity index (χ1n) is 3.88. The van der Waals surface area contributed by atoms with E-state index in [2.05, 4.69) is 32.5 Å². The van der Waals surface area contributed by atoms with E-state index >= 15 is 0 Å². The maximum atomic E-state index is 3.37. The molecule has 0 aliphatic carbocycles. The van der Waals surface area contributed by atoms with E-state index in [-0.39, 0.29) is 0 Å². The summed E-state index contributed by atoms with van der Waals surface area (Å²) in [6.45, 7) is 2.08. The number of nitrogens with one attached hydrogen (secondary N) is 1. The predicted molar refractivity (Wildman–Crippen MR) is 49.2 cm³/mol. The molecule has 0 radical (unpaired) electrons. The van der Waals surface area contributed by atoms with E-state index in [0.717, 1.165) is 13.2 Å². The van der Waals surface area contributed by atoms with Crippen LogP contribution in [0, 0.1) is 0 Å². The van der Waals surface area contributed by atoms with E-state index in [4.69, 9.17) is 0 Å². The monoisotopic (exact) mass is 250 g/mol. The molecule has 2 rings (SSSR count). The molecule has 0 saturated carbocycles. The summed E-state index contributed by atoms with van der Waals surface area (Å²) < 4.78 is 2.43. The van der Waals surface area contributed by atoms with Gasteiger partial charge in [0, 0.05) is 0 Å². The number of hydrogen-bond acceptors (Lipinski definition) is 2. The first-order chi connectivity index (χ1) is 5.38. The van der Waals surface area contributed by atoms with Crippen LogP contribution >= 0.6 is 0 Å². The van der Waals surface area contributed by atoms with Crippen molar-refractivity contribution in [1.29, 1.82) is 0 Å². The molecule has 0 atom stereocenters. The number of nitrogens with zero attached hydrogens (tertiary/aromatic N) is 1. The van der Waals surface area contributed by atoms with Crippen LogP contribution in [0.25, 0.3) is 0 Å². The fraction of sp³-hybridized carbons (Fsp3) is 0.250. The maximum absolute atomic E-state index is 3.37. The van der Waals surface area contributed by atoms with Crippen LogP contribution in [0.3, 0.4) is 0 Å². The van der Waals surface area contributed by atoms with Crippen LogP contribution in [-0.2, 0) is 6.54 Å². The minimum absolute atomic E-state index is 0.584. The van der Waals surface area contributed by atoms with Gasteiger partial charge in [-0.3, -0.25) is 0 Å². The molecular weight excluding hydrogens is 239 g/mol. The van der Waals surface area contributed by atoms with Crippen molar-refractivity contribution in [2.45, 2.75) is 6.54 Å². The van der Waals surface area contributed by atoms with Gasteiger partial charge in [0.1, 0.15) is 0 Å². The van der Waals surface area contributed by atoms with Gasteiger partial charge in [0.25, 0.3) is 0 Å². The number of rotatable bonds is 0. The number of benzene rings is 1. The Morgan fingerprint density at radius 2 is 2.18 bits per heavy atom. The van der Waals surface area contributed by atoms with Crippen molar-refractivity contribution in [3.8, 4) is 0 Å². The zero-order valence-electron chi connectivity index (χ0n) is 6.67. The Kier molecular flexibility index (Phi) is 2.09. The Hall–Kier alpha value is -0.150. The number of para-hydroxylation sites is 1. The third kappa shape index (κ3) is 1.40. The SMILES string of the molecule is [InH2][N]1CNCc2ccccc21. The average Bonchev–Trinajstić information content (AvgIpc) is 2.06. The van der Waals surface area contributed by atoms with Crippen LogP contribution in [0.2, 0.25) is 0 Å². The van der Waals surface area contributed by atoms with Crippen LogP contribution in [0.4, 0.5) is 5.69 Å². The summed E-state index contributed by atoms with van der Waals surface area (Å²) in [5.74, 6) is 0. The molecule has 0 unspecified atom stereocenters. The number of fused-ring (bicyclic) bond motifs is 1. The first-order valence-corrected chi connectivity index (χ1v) is 6.43. The molecule has 0 saturated heterocycles. The second-order valence-corrected chi connectivity index (χ2v) is 5.99. The molecular formula is C8H11InN2. The van der Waals surface area contributed by atoms with Crippen molar-refractivity contribution < 1.29 is 0 Å².